The molecule has 1 saturated carbocycles. The average molecular weight is 341 g/mol. The number of benzene rings is 1. The van der Waals surface area contributed by atoms with E-state index in [0.717, 1.165) is 36.9 Å². The topological polar surface area (TPSA) is 73.2 Å². The van der Waals surface area contributed by atoms with E-state index in [1.54, 1.807) is 10.9 Å². The average Bonchev–Trinajstić information content (AvgIpc) is 3.31. The van der Waals surface area contributed by atoms with E-state index in [0.29, 0.717) is 0 Å². The van der Waals surface area contributed by atoms with Crippen molar-refractivity contribution in [3.63, 3.8) is 0 Å². The molecule has 0 spiro atoms. The SMILES string of the molecule is CC(=O)NC(C(=O)OCc1ccc(-n2cccn2)cc1)C1CCCC1. The zero-order valence-corrected chi connectivity index (χ0v) is 14.4. The predicted octanol–water partition coefficient (Wildman–Crippen LogP) is 2.61. The molecule has 1 atom stereocenters. The minimum absolute atomic E-state index is 0.179. The van der Waals surface area contributed by atoms with E-state index in [1.165, 1.54) is 6.92 Å². The molecule has 0 radical (unpaired) electrons. The zero-order valence-electron chi connectivity index (χ0n) is 14.4. The molecule has 1 N–H and O–H groups in total. The van der Waals surface area contributed by atoms with Gasteiger partial charge in [-0.25, -0.2) is 9.48 Å². The van der Waals surface area contributed by atoms with Gasteiger partial charge < -0.3 is 10.1 Å². The molecule has 1 unspecified atom stereocenters. The van der Waals surface area contributed by atoms with Crippen LogP contribution in [0.5, 0.6) is 0 Å². The van der Waals surface area contributed by atoms with Crippen LogP contribution in [0.3, 0.4) is 0 Å². The van der Waals surface area contributed by atoms with Crippen molar-refractivity contribution in [2.75, 3.05) is 0 Å². The third-order valence-corrected chi connectivity index (χ3v) is 4.57. The van der Waals surface area contributed by atoms with Crippen LogP contribution in [-0.4, -0.2) is 27.7 Å². The van der Waals surface area contributed by atoms with Gasteiger partial charge in [0.05, 0.1) is 5.69 Å². The molecule has 1 aliphatic carbocycles. The molecule has 1 aliphatic rings. The van der Waals surface area contributed by atoms with Gasteiger partial charge in [-0.3, -0.25) is 4.79 Å². The molecule has 2 aromatic rings. The highest BCUT2D eigenvalue weighted by Gasteiger charge is 2.32. The lowest BCUT2D eigenvalue weighted by Gasteiger charge is -2.22. The van der Waals surface area contributed by atoms with Crippen molar-refractivity contribution in [3.8, 4) is 5.69 Å². The fraction of sp³-hybridized carbons (Fsp3) is 0.421. The Hall–Kier alpha value is -2.63. The summed E-state index contributed by atoms with van der Waals surface area (Å²) in [5, 5.41) is 6.94. The number of nitrogens with zero attached hydrogens (tertiary/aromatic N) is 2. The normalized spacial score (nSPS) is 15.7. The van der Waals surface area contributed by atoms with Gasteiger partial charge in [0.2, 0.25) is 5.91 Å². The summed E-state index contributed by atoms with van der Waals surface area (Å²) in [5.41, 5.74) is 1.85. The second-order valence-corrected chi connectivity index (χ2v) is 6.45. The first-order valence-electron chi connectivity index (χ1n) is 8.66. The van der Waals surface area contributed by atoms with Crippen LogP contribution in [-0.2, 0) is 20.9 Å². The quantitative estimate of drug-likeness (QED) is 0.820. The Labute approximate surface area is 147 Å². The summed E-state index contributed by atoms with van der Waals surface area (Å²) < 4.78 is 7.22. The molecule has 1 fully saturated rings. The van der Waals surface area contributed by atoms with Crippen molar-refractivity contribution in [1.82, 2.24) is 15.1 Å². The Morgan fingerprint density at radius 1 is 1.28 bits per heavy atom. The number of nitrogens with one attached hydrogen (secondary N) is 1. The van der Waals surface area contributed by atoms with Gasteiger partial charge in [-0.15, -0.1) is 0 Å². The van der Waals surface area contributed by atoms with Crippen LogP contribution in [0.15, 0.2) is 42.7 Å². The molecule has 0 aliphatic heterocycles. The number of carbonyl (C=O) groups is 2. The smallest absolute Gasteiger partial charge is 0.329 e. The molecule has 1 aromatic heterocycles. The van der Waals surface area contributed by atoms with Crippen molar-refractivity contribution < 1.29 is 14.3 Å². The number of esters is 1. The van der Waals surface area contributed by atoms with Gasteiger partial charge in [0.1, 0.15) is 12.6 Å². The third-order valence-electron chi connectivity index (χ3n) is 4.57. The van der Waals surface area contributed by atoms with E-state index in [1.807, 2.05) is 36.5 Å². The highest BCUT2D eigenvalue weighted by molar-refractivity contribution is 5.83. The molecular formula is C19H23N3O3. The van der Waals surface area contributed by atoms with Crippen LogP contribution >= 0.6 is 0 Å². The van der Waals surface area contributed by atoms with Gasteiger partial charge in [-0.2, -0.15) is 5.10 Å². The first kappa shape index (κ1) is 17.2. The summed E-state index contributed by atoms with van der Waals surface area (Å²) in [4.78, 5) is 23.9. The summed E-state index contributed by atoms with van der Waals surface area (Å²) in [7, 11) is 0. The molecule has 3 rings (SSSR count). The number of hydrogen-bond donors (Lipinski definition) is 1. The van der Waals surface area contributed by atoms with Crippen molar-refractivity contribution in [2.24, 2.45) is 5.92 Å². The van der Waals surface area contributed by atoms with Gasteiger partial charge >= 0.3 is 5.97 Å². The second-order valence-electron chi connectivity index (χ2n) is 6.45. The van der Waals surface area contributed by atoms with E-state index in [2.05, 4.69) is 10.4 Å². The highest BCUT2D eigenvalue weighted by Crippen LogP contribution is 2.28. The van der Waals surface area contributed by atoms with Crippen molar-refractivity contribution in [2.45, 2.75) is 45.3 Å². The summed E-state index contributed by atoms with van der Waals surface area (Å²) in [6, 6.07) is 9.00. The number of carbonyl (C=O) groups excluding carboxylic acids is 2. The number of ether oxygens (including phenoxy) is 1. The van der Waals surface area contributed by atoms with Crippen LogP contribution in [0, 0.1) is 5.92 Å². The second kappa shape index (κ2) is 7.96. The van der Waals surface area contributed by atoms with Gasteiger partial charge in [0, 0.05) is 19.3 Å². The van der Waals surface area contributed by atoms with Crippen molar-refractivity contribution in [3.05, 3.63) is 48.3 Å². The Morgan fingerprint density at radius 2 is 2.00 bits per heavy atom. The van der Waals surface area contributed by atoms with Gasteiger partial charge in [-0.05, 0) is 42.5 Å². The lowest BCUT2D eigenvalue weighted by atomic mass is 9.98. The minimum atomic E-state index is -0.539. The van der Waals surface area contributed by atoms with Crippen LogP contribution < -0.4 is 5.32 Å². The third kappa shape index (κ3) is 4.47. The Kier molecular flexibility index (Phi) is 5.48. The molecule has 6 heteroatoms. The highest BCUT2D eigenvalue weighted by atomic mass is 16.5. The summed E-state index contributed by atoms with van der Waals surface area (Å²) in [6.45, 7) is 1.63. The zero-order chi connectivity index (χ0) is 17.6. The van der Waals surface area contributed by atoms with Crippen LogP contribution in [0.4, 0.5) is 0 Å². The molecular weight excluding hydrogens is 318 g/mol. The monoisotopic (exact) mass is 341 g/mol. The predicted molar refractivity (Wildman–Crippen MR) is 92.9 cm³/mol. The maximum Gasteiger partial charge on any atom is 0.329 e. The van der Waals surface area contributed by atoms with E-state index < -0.39 is 6.04 Å². The van der Waals surface area contributed by atoms with Gasteiger partial charge in [-0.1, -0.05) is 25.0 Å². The number of rotatable bonds is 6. The Morgan fingerprint density at radius 3 is 2.60 bits per heavy atom. The van der Waals surface area contributed by atoms with Crippen LogP contribution in [0.25, 0.3) is 5.69 Å². The molecule has 6 nitrogen and oxygen atoms in total. The number of aromatic nitrogens is 2. The summed E-state index contributed by atoms with van der Waals surface area (Å²) in [5.74, 6) is -0.366. The fourth-order valence-electron chi connectivity index (χ4n) is 3.29. The molecule has 132 valence electrons. The molecule has 1 aromatic carbocycles. The van der Waals surface area contributed by atoms with Gasteiger partial charge in [0.25, 0.3) is 0 Å². The molecule has 0 saturated heterocycles. The fourth-order valence-corrected chi connectivity index (χ4v) is 3.29. The first-order valence-corrected chi connectivity index (χ1v) is 8.66. The first-order chi connectivity index (χ1) is 12.1. The summed E-state index contributed by atoms with van der Waals surface area (Å²) in [6.07, 6.45) is 7.71. The van der Waals surface area contributed by atoms with Crippen LogP contribution in [0.1, 0.15) is 38.2 Å². The molecule has 1 amide bonds. The molecule has 0 bridgehead atoms. The van der Waals surface area contributed by atoms with Crippen LogP contribution in [0.2, 0.25) is 0 Å². The van der Waals surface area contributed by atoms with Crippen molar-refractivity contribution >= 4 is 11.9 Å². The van der Waals surface area contributed by atoms with E-state index in [-0.39, 0.29) is 24.4 Å². The maximum atomic E-state index is 12.4. The largest absolute Gasteiger partial charge is 0.459 e. The molecule has 1 heterocycles. The minimum Gasteiger partial charge on any atom is -0.459 e. The van der Waals surface area contributed by atoms with E-state index in [9.17, 15) is 9.59 Å². The van der Waals surface area contributed by atoms with E-state index >= 15 is 0 Å². The standard InChI is InChI=1S/C19H23N3O3/c1-14(23)21-18(16-5-2-3-6-16)19(24)25-13-15-7-9-17(10-8-15)22-12-4-11-20-22/h4,7-12,16,18H,2-3,5-6,13H2,1H3,(H,21,23). The lowest BCUT2D eigenvalue weighted by Crippen LogP contribution is -2.45. The summed E-state index contributed by atoms with van der Waals surface area (Å²) >= 11 is 0. The number of amides is 1. The lowest BCUT2D eigenvalue weighted by molar-refractivity contribution is -0.150. The maximum absolute atomic E-state index is 12.4. The van der Waals surface area contributed by atoms with Crippen molar-refractivity contribution in [1.29, 1.82) is 0 Å². The Balaban J connectivity index is 1.59. The molecule has 25 heavy (non-hydrogen) atoms. The number of hydrogen-bond acceptors (Lipinski definition) is 4. The van der Waals surface area contributed by atoms with Gasteiger partial charge in [0.15, 0.2) is 0 Å². The van der Waals surface area contributed by atoms with E-state index in [4.69, 9.17) is 4.74 Å². The Bertz CT molecular complexity index is 704.